The van der Waals surface area contributed by atoms with E-state index in [9.17, 15) is 4.79 Å². The molecule has 31 heavy (non-hydrogen) atoms. The molecule has 4 rings (SSSR count). The van der Waals surface area contributed by atoms with Gasteiger partial charge in [-0.1, -0.05) is 11.6 Å². The summed E-state index contributed by atoms with van der Waals surface area (Å²) in [7, 11) is 2.00. The van der Waals surface area contributed by atoms with Crippen molar-refractivity contribution in [1.82, 2.24) is 14.9 Å². The number of carbonyl (C=O) groups is 1. The zero-order valence-electron chi connectivity index (χ0n) is 18.8. The van der Waals surface area contributed by atoms with E-state index < -0.39 is 5.60 Å². The lowest BCUT2D eigenvalue weighted by molar-refractivity contribution is -0.0214. The molecule has 0 spiro atoms. The van der Waals surface area contributed by atoms with Gasteiger partial charge in [0.05, 0.1) is 13.2 Å². The number of ether oxygens (including phenoxy) is 3. The second kappa shape index (κ2) is 8.98. The van der Waals surface area contributed by atoms with Crippen LogP contribution in [0.5, 0.6) is 5.88 Å². The van der Waals surface area contributed by atoms with Gasteiger partial charge >= 0.3 is 6.09 Å². The first-order valence-corrected chi connectivity index (χ1v) is 11.6. The Bertz CT molecular complexity index is 782. The number of hydrogen-bond donors (Lipinski definition) is 0. The highest BCUT2D eigenvalue weighted by Gasteiger charge is 2.44. The summed E-state index contributed by atoms with van der Waals surface area (Å²) in [6.07, 6.45) is 5.49. The normalized spacial score (nSPS) is 28.4. The van der Waals surface area contributed by atoms with Crippen molar-refractivity contribution >= 4 is 23.6 Å². The van der Waals surface area contributed by atoms with Gasteiger partial charge in [-0.25, -0.2) is 9.78 Å². The van der Waals surface area contributed by atoms with Gasteiger partial charge in [0, 0.05) is 37.7 Å². The Hall–Kier alpha value is -1.80. The van der Waals surface area contributed by atoms with Crippen LogP contribution in [0.1, 0.15) is 59.3 Å². The van der Waals surface area contributed by atoms with E-state index >= 15 is 0 Å². The number of anilines is 1. The lowest BCUT2D eigenvalue weighted by Crippen LogP contribution is -2.59. The molecule has 1 aromatic heterocycles. The first kappa shape index (κ1) is 22.4. The summed E-state index contributed by atoms with van der Waals surface area (Å²) in [6.45, 7) is 7.01. The molecule has 4 atom stereocenters. The largest absolute Gasteiger partial charge is 0.472 e. The van der Waals surface area contributed by atoms with Crippen LogP contribution in [-0.2, 0) is 9.47 Å². The molecule has 0 radical (unpaired) electrons. The first-order valence-electron chi connectivity index (χ1n) is 11.2. The summed E-state index contributed by atoms with van der Waals surface area (Å²) < 4.78 is 17.0. The molecule has 8 nitrogen and oxygen atoms in total. The minimum absolute atomic E-state index is 0.000507. The second-order valence-corrected chi connectivity index (χ2v) is 10.2. The number of piperidine rings is 2. The molecule has 3 aliphatic rings. The van der Waals surface area contributed by atoms with Gasteiger partial charge in [-0.05, 0) is 52.9 Å². The number of hydrogen-bond acceptors (Lipinski definition) is 7. The highest BCUT2D eigenvalue weighted by atomic mass is 35.5. The van der Waals surface area contributed by atoms with Crippen LogP contribution < -0.4 is 9.64 Å². The molecule has 4 heterocycles. The molecular formula is C22H33ClN4O4. The number of halogens is 1. The Kier molecular flexibility index (Phi) is 6.49. The SMILES string of the molecule is CN(c1nc(Cl)cc(OC2CCOC2)n1)[C@@H]1C[C@H]2CCC[C@@H](C1)N2C(=O)OC(C)(C)C. The number of carbonyl (C=O) groups excluding carboxylic acids is 1. The van der Waals surface area contributed by atoms with Crippen molar-refractivity contribution in [2.24, 2.45) is 0 Å². The van der Waals surface area contributed by atoms with Crippen LogP contribution in [0.15, 0.2) is 6.07 Å². The maximum atomic E-state index is 12.8. The molecule has 3 saturated heterocycles. The summed E-state index contributed by atoms with van der Waals surface area (Å²) in [5.74, 6) is 1.03. The van der Waals surface area contributed by atoms with E-state index in [0.717, 1.165) is 38.5 Å². The van der Waals surface area contributed by atoms with Gasteiger partial charge in [-0.15, -0.1) is 0 Å². The number of aromatic nitrogens is 2. The van der Waals surface area contributed by atoms with Gasteiger partial charge in [0.2, 0.25) is 11.8 Å². The van der Waals surface area contributed by atoms with Gasteiger partial charge in [0.1, 0.15) is 16.9 Å². The third-order valence-electron chi connectivity index (χ3n) is 6.25. The predicted molar refractivity (Wildman–Crippen MR) is 118 cm³/mol. The van der Waals surface area contributed by atoms with Crippen molar-refractivity contribution in [1.29, 1.82) is 0 Å². The standard InChI is InChI=1S/C22H33ClN4O4/c1-22(2,3)31-21(28)27-14-6-5-7-15(27)11-16(10-14)26(4)20-24-18(23)12-19(25-20)30-17-8-9-29-13-17/h12,14-17H,5-11,13H2,1-4H3/t14-,15+,16-,17?. The van der Waals surface area contributed by atoms with E-state index in [2.05, 4.69) is 14.9 Å². The van der Waals surface area contributed by atoms with E-state index in [1.807, 2.05) is 32.7 Å². The number of amides is 1. The predicted octanol–water partition coefficient (Wildman–Crippen LogP) is 4.05. The Labute approximate surface area is 189 Å². The zero-order valence-corrected chi connectivity index (χ0v) is 19.6. The van der Waals surface area contributed by atoms with Crippen LogP contribution in [0.25, 0.3) is 0 Å². The summed E-state index contributed by atoms with van der Waals surface area (Å²) in [5.41, 5.74) is -0.492. The molecule has 0 N–H and O–H groups in total. The summed E-state index contributed by atoms with van der Waals surface area (Å²) >= 11 is 6.28. The summed E-state index contributed by atoms with van der Waals surface area (Å²) in [4.78, 5) is 26.0. The smallest absolute Gasteiger partial charge is 0.410 e. The zero-order chi connectivity index (χ0) is 22.2. The van der Waals surface area contributed by atoms with Crippen LogP contribution >= 0.6 is 11.6 Å². The van der Waals surface area contributed by atoms with E-state index in [1.54, 1.807) is 6.07 Å². The molecule has 0 aliphatic carbocycles. The molecule has 1 aromatic rings. The molecule has 1 unspecified atom stereocenters. The van der Waals surface area contributed by atoms with Crippen molar-refractivity contribution < 1.29 is 19.0 Å². The minimum atomic E-state index is -0.492. The van der Waals surface area contributed by atoms with Crippen molar-refractivity contribution in [3.63, 3.8) is 0 Å². The second-order valence-electron chi connectivity index (χ2n) is 9.79. The summed E-state index contributed by atoms with van der Waals surface area (Å²) in [6, 6.07) is 2.20. The van der Waals surface area contributed by atoms with Crippen molar-refractivity contribution in [3.8, 4) is 5.88 Å². The highest BCUT2D eigenvalue weighted by Crippen LogP contribution is 2.37. The molecule has 1 amide bonds. The lowest BCUT2D eigenvalue weighted by atomic mass is 9.81. The molecular weight excluding hydrogens is 420 g/mol. The fraction of sp³-hybridized carbons (Fsp3) is 0.773. The Balaban J connectivity index is 1.47. The van der Waals surface area contributed by atoms with Crippen molar-refractivity contribution in [3.05, 3.63) is 11.2 Å². The van der Waals surface area contributed by atoms with Crippen LogP contribution in [0.3, 0.4) is 0 Å². The Morgan fingerprint density at radius 3 is 2.55 bits per heavy atom. The van der Waals surface area contributed by atoms with Gasteiger partial charge in [0.25, 0.3) is 0 Å². The van der Waals surface area contributed by atoms with E-state index in [0.29, 0.717) is 30.2 Å². The average Bonchev–Trinajstić information content (AvgIpc) is 3.17. The monoisotopic (exact) mass is 452 g/mol. The minimum Gasteiger partial charge on any atom is -0.472 e. The van der Waals surface area contributed by atoms with Crippen LogP contribution in [-0.4, -0.2) is 71.1 Å². The fourth-order valence-corrected chi connectivity index (χ4v) is 4.99. The fourth-order valence-electron chi connectivity index (χ4n) is 4.83. The lowest BCUT2D eigenvalue weighted by Gasteiger charge is -2.50. The van der Waals surface area contributed by atoms with Crippen LogP contribution in [0, 0.1) is 0 Å². The van der Waals surface area contributed by atoms with Gasteiger partial charge < -0.3 is 24.0 Å². The average molecular weight is 453 g/mol. The molecule has 0 saturated carbocycles. The first-order chi connectivity index (χ1) is 14.7. The van der Waals surface area contributed by atoms with Crippen molar-refractivity contribution in [2.45, 2.75) is 89.1 Å². The van der Waals surface area contributed by atoms with E-state index in [4.69, 9.17) is 25.8 Å². The number of fused-ring (bicyclic) bond motifs is 2. The maximum Gasteiger partial charge on any atom is 0.410 e. The number of rotatable bonds is 4. The third-order valence-corrected chi connectivity index (χ3v) is 6.45. The van der Waals surface area contributed by atoms with Gasteiger partial charge in [-0.3, -0.25) is 0 Å². The van der Waals surface area contributed by atoms with Gasteiger partial charge in [-0.2, -0.15) is 4.98 Å². The third kappa shape index (κ3) is 5.34. The molecule has 3 aliphatic heterocycles. The highest BCUT2D eigenvalue weighted by molar-refractivity contribution is 6.29. The van der Waals surface area contributed by atoms with E-state index in [1.165, 1.54) is 0 Å². The van der Waals surface area contributed by atoms with Gasteiger partial charge in [0.15, 0.2) is 0 Å². The molecule has 9 heteroatoms. The van der Waals surface area contributed by atoms with Crippen LogP contribution in [0.4, 0.5) is 10.7 Å². The molecule has 2 bridgehead atoms. The topological polar surface area (TPSA) is 77.0 Å². The summed E-state index contributed by atoms with van der Waals surface area (Å²) in [5, 5.41) is 0.358. The number of nitrogens with zero attached hydrogens (tertiary/aromatic N) is 4. The molecule has 172 valence electrons. The maximum absolute atomic E-state index is 12.8. The van der Waals surface area contributed by atoms with Crippen LogP contribution in [0.2, 0.25) is 5.15 Å². The molecule has 0 aromatic carbocycles. The van der Waals surface area contributed by atoms with Crippen molar-refractivity contribution in [2.75, 3.05) is 25.2 Å². The quantitative estimate of drug-likeness (QED) is 0.637. The Morgan fingerprint density at radius 2 is 1.94 bits per heavy atom. The van der Waals surface area contributed by atoms with E-state index in [-0.39, 0.29) is 30.3 Å². The Morgan fingerprint density at radius 1 is 1.23 bits per heavy atom. The molecule has 3 fully saturated rings.